The lowest BCUT2D eigenvalue weighted by atomic mass is 10.1. The highest BCUT2D eigenvalue weighted by Gasteiger charge is 2.25. The first kappa shape index (κ1) is 14.1. The fraction of sp³-hybridized carbons (Fsp3) is 0.250. The fourth-order valence-corrected chi connectivity index (χ4v) is 3.77. The van der Waals surface area contributed by atoms with Crippen molar-refractivity contribution < 1.29 is 13.3 Å². The van der Waals surface area contributed by atoms with Crippen molar-refractivity contribution in [3.05, 3.63) is 53.3 Å². The van der Waals surface area contributed by atoms with E-state index in [1.807, 2.05) is 19.1 Å². The van der Waals surface area contributed by atoms with Gasteiger partial charge in [-0.05, 0) is 36.8 Å². The van der Waals surface area contributed by atoms with Crippen LogP contribution >= 0.6 is 0 Å². The smallest absolute Gasteiger partial charge is 0.125 e. The van der Waals surface area contributed by atoms with Crippen LogP contribution in [0.5, 0.6) is 5.75 Å². The van der Waals surface area contributed by atoms with E-state index in [0.29, 0.717) is 10.6 Å². The minimum Gasteiger partial charge on any atom is -0.489 e. The van der Waals surface area contributed by atoms with Gasteiger partial charge in [0.2, 0.25) is 0 Å². The zero-order chi connectivity index (χ0) is 15.0. The largest absolute Gasteiger partial charge is 0.489 e. The monoisotopic (exact) mass is 305 g/mol. The molecule has 3 nitrogen and oxygen atoms in total. The molecule has 1 aliphatic heterocycles. The Kier molecular flexibility index (Phi) is 3.68. The molecule has 5 heteroatoms. The molecule has 0 saturated heterocycles. The van der Waals surface area contributed by atoms with Crippen molar-refractivity contribution in [2.45, 2.75) is 24.3 Å². The minimum atomic E-state index is -1.30. The summed E-state index contributed by atoms with van der Waals surface area (Å²) in [4.78, 5) is 0.465. The Hall–Kier alpha value is -1.88. The summed E-state index contributed by atoms with van der Waals surface area (Å²) in [6.07, 6.45) is 0.608. The second-order valence-electron chi connectivity index (χ2n) is 5.25. The third-order valence-corrected chi connectivity index (χ3v) is 5.05. The van der Waals surface area contributed by atoms with Crippen LogP contribution in [0.4, 0.5) is 10.1 Å². The molecular formula is C16H16FNO2S. The molecule has 2 atom stereocenters. The second kappa shape index (κ2) is 5.48. The predicted octanol–water partition coefficient (Wildman–Crippen LogP) is 2.83. The van der Waals surface area contributed by atoms with Crippen LogP contribution in [0.25, 0.3) is 0 Å². The number of anilines is 1. The first-order valence-electron chi connectivity index (χ1n) is 6.72. The number of hydrogen-bond donors (Lipinski definition) is 1. The second-order valence-corrected chi connectivity index (χ2v) is 6.71. The van der Waals surface area contributed by atoms with Gasteiger partial charge in [-0.1, -0.05) is 17.7 Å². The molecule has 2 unspecified atom stereocenters. The summed E-state index contributed by atoms with van der Waals surface area (Å²) in [5, 5.41) is 0. The van der Waals surface area contributed by atoms with Gasteiger partial charge in [0.1, 0.15) is 17.7 Å². The van der Waals surface area contributed by atoms with E-state index in [1.54, 1.807) is 0 Å². The van der Waals surface area contributed by atoms with E-state index in [2.05, 4.69) is 6.07 Å². The number of ether oxygens (including phenoxy) is 1. The van der Waals surface area contributed by atoms with Crippen LogP contribution in [-0.4, -0.2) is 16.1 Å². The number of benzene rings is 2. The summed E-state index contributed by atoms with van der Waals surface area (Å²) >= 11 is 0. The van der Waals surface area contributed by atoms with Crippen molar-refractivity contribution in [1.82, 2.24) is 0 Å². The van der Waals surface area contributed by atoms with E-state index in [0.717, 1.165) is 17.7 Å². The molecule has 0 amide bonds. The molecule has 1 heterocycles. The van der Waals surface area contributed by atoms with E-state index in [4.69, 9.17) is 10.5 Å². The van der Waals surface area contributed by atoms with Crippen LogP contribution in [-0.2, 0) is 17.2 Å². The van der Waals surface area contributed by atoms with E-state index in [9.17, 15) is 8.60 Å². The average molecular weight is 305 g/mol. The molecular weight excluding hydrogens is 289 g/mol. The van der Waals surface area contributed by atoms with Gasteiger partial charge in [0.15, 0.2) is 0 Å². The first-order valence-corrected chi connectivity index (χ1v) is 8.04. The third kappa shape index (κ3) is 2.93. The Morgan fingerprint density at radius 3 is 2.90 bits per heavy atom. The van der Waals surface area contributed by atoms with Crippen LogP contribution in [0.15, 0.2) is 41.3 Å². The van der Waals surface area contributed by atoms with Crippen molar-refractivity contribution in [1.29, 1.82) is 0 Å². The van der Waals surface area contributed by atoms with Crippen molar-refractivity contribution in [2.75, 3.05) is 11.5 Å². The van der Waals surface area contributed by atoms with Gasteiger partial charge in [-0.2, -0.15) is 0 Å². The molecule has 2 N–H and O–H groups in total. The zero-order valence-corrected chi connectivity index (χ0v) is 12.5. The maximum Gasteiger partial charge on any atom is 0.125 e. The Bertz CT molecular complexity index is 717. The number of halogens is 1. The average Bonchev–Trinajstić information content (AvgIpc) is 2.79. The van der Waals surface area contributed by atoms with Crippen molar-refractivity contribution in [2.24, 2.45) is 0 Å². The van der Waals surface area contributed by atoms with E-state index in [1.165, 1.54) is 23.8 Å². The molecule has 0 saturated carbocycles. The van der Waals surface area contributed by atoms with Crippen LogP contribution in [0, 0.1) is 12.7 Å². The topological polar surface area (TPSA) is 52.3 Å². The van der Waals surface area contributed by atoms with E-state index >= 15 is 0 Å². The van der Waals surface area contributed by atoms with Crippen molar-refractivity contribution in [3.8, 4) is 5.75 Å². The standard InChI is InChI=1S/C16H16FNO2S/c1-10-2-4-15-11(6-10)7-13(20-15)9-21(19)16-5-3-12(17)8-14(16)18/h2-6,8,13H,7,9,18H2,1H3. The summed E-state index contributed by atoms with van der Waals surface area (Å²) in [7, 11) is -1.30. The lowest BCUT2D eigenvalue weighted by molar-refractivity contribution is 0.258. The van der Waals surface area contributed by atoms with Gasteiger partial charge >= 0.3 is 0 Å². The lowest BCUT2D eigenvalue weighted by Gasteiger charge is -2.11. The van der Waals surface area contributed by atoms with Crippen molar-refractivity contribution >= 4 is 16.5 Å². The maximum atomic E-state index is 13.0. The molecule has 2 aromatic carbocycles. The summed E-state index contributed by atoms with van der Waals surface area (Å²) in [5.74, 6) is 0.784. The third-order valence-electron chi connectivity index (χ3n) is 3.51. The first-order chi connectivity index (χ1) is 10.0. The van der Waals surface area contributed by atoms with Gasteiger partial charge in [0.05, 0.1) is 27.1 Å². The molecule has 0 fully saturated rings. The normalized spacial score (nSPS) is 18.1. The SMILES string of the molecule is Cc1ccc2c(c1)CC(CS(=O)c1ccc(F)cc1N)O2. The molecule has 2 aromatic rings. The van der Waals surface area contributed by atoms with Gasteiger partial charge < -0.3 is 10.5 Å². The Balaban J connectivity index is 1.72. The predicted molar refractivity (Wildman–Crippen MR) is 81.4 cm³/mol. The zero-order valence-electron chi connectivity index (χ0n) is 11.6. The Morgan fingerprint density at radius 1 is 1.33 bits per heavy atom. The highest BCUT2D eigenvalue weighted by Crippen LogP contribution is 2.30. The summed E-state index contributed by atoms with van der Waals surface area (Å²) in [6, 6.07) is 9.98. The van der Waals surface area contributed by atoms with Crippen LogP contribution < -0.4 is 10.5 Å². The van der Waals surface area contributed by atoms with Gasteiger partial charge in [-0.15, -0.1) is 0 Å². The number of fused-ring (bicyclic) bond motifs is 1. The lowest BCUT2D eigenvalue weighted by Crippen LogP contribution is -2.22. The van der Waals surface area contributed by atoms with Crippen LogP contribution in [0.2, 0.25) is 0 Å². The van der Waals surface area contributed by atoms with Crippen molar-refractivity contribution in [3.63, 3.8) is 0 Å². The number of hydrogen-bond acceptors (Lipinski definition) is 3. The molecule has 0 aromatic heterocycles. The quantitative estimate of drug-likeness (QED) is 0.887. The van der Waals surface area contributed by atoms with Crippen LogP contribution in [0.1, 0.15) is 11.1 Å². The Morgan fingerprint density at radius 2 is 2.14 bits per heavy atom. The summed E-state index contributed by atoms with van der Waals surface area (Å²) in [5.41, 5.74) is 8.27. The van der Waals surface area contributed by atoms with E-state index in [-0.39, 0.29) is 11.8 Å². The van der Waals surface area contributed by atoms with Gasteiger partial charge in [0, 0.05) is 6.42 Å². The highest BCUT2D eigenvalue weighted by atomic mass is 32.2. The molecule has 3 rings (SSSR count). The van der Waals surface area contributed by atoms with Gasteiger partial charge in [0.25, 0.3) is 0 Å². The fourth-order valence-electron chi connectivity index (χ4n) is 2.53. The molecule has 110 valence electrons. The Labute approximate surface area is 125 Å². The molecule has 0 radical (unpaired) electrons. The summed E-state index contributed by atoms with van der Waals surface area (Å²) in [6.45, 7) is 2.03. The number of nitrogen functional groups attached to an aromatic ring is 1. The molecule has 0 bridgehead atoms. The van der Waals surface area contributed by atoms with Crippen LogP contribution in [0.3, 0.4) is 0 Å². The number of rotatable bonds is 3. The summed E-state index contributed by atoms with van der Waals surface area (Å²) < 4.78 is 31.2. The molecule has 0 aliphatic carbocycles. The maximum absolute atomic E-state index is 13.0. The molecule has 0 spiro atoms. The minimum absolute atomic E-state index is 0.132. The number of aryl methyl sites for hydroxylation is 1. The number of nitrogens with two attached hydrogens (primary N) is 1. The molecule has 21 heavy (non-hydrogen) atoms. The highest BCUT2D eigenvalue weighted by molar-refractivity contribution is 7.85. The van der Waals surface area contributed by atoms with Gasteiger partial charge in [-0.3, -0.25) is 4.21 Å². The van der Waals surface area contributed by atoms with Gasteiger partial charge in [-0.25, -0.2) is 4.39 Å². The van der Waals surface area contributed by atoms with E-state index < -0.39 is 16.6 Å². The molecule has 1 aliphatic rings.